The lowest BCUT2D eigenvalue weighted by atomic mass is 10.1. The Hall–Kier alpha value is -0.120. The molecule has 0 spiro atoms. The van der Waals surface area contributed by atoms with Gasteiger partial charge >= 0.3 is 0 Å². The lowest BCUT2D eigenvalue weighted by Gasteiger charge is -2.29. The molecule has 1 N–H and O–H groups in total. The van der Waals surface area contributed by atoms with Crippen molar-refractivity contribution in [2.24, 2.45) is 5.92 Å². The number of likely N-dealkylation sites (tertiary alicyclic amines) is 1. The van der Waals surface area contributed by atoms with Gasteiger partial charge in [-0.3, -0.25) is 0 Å². The normalized spacial score (nSPS) is 27.9. The van der Waals surface area contributed by atoms with E-state index in [9.17, 15) is 0 Å². The molecule has 0 aromatic rings. The molecular weight excluding hydrogens is 210 g/mol. The second-order valence-corrected chi connectivity index (χ2v) is 6.10. The van der Waals surface area contributed by atoms with E-state index in [0.717, 1.165) is 18.0 Å². The molecule has 3 nitrogen and oxygen atoms in total. The molecule has 2 aliphatic rings. The third-order valence-electron chi connectivity index (χ3n) is 4.35. The molecule has 1 saturated carbocycles. The lowest BCUT2D eigenvalue weighted by Crippen LogP contribution is -2.42. The highest BCUT2D eigenvalue weighted by Gasteiger charge is 2.25. The topological polar surface area (TPSA) is 18.5 Å². The maximum Gasteiger partial charge on any atom is 0.0215 e. The summed E-state index contributed by atoms with van der Waals surface area (Å²) >= 11 is 0. The summed E-state index contributed by atoms with van der Waals surface area (Å²) < 4.78 is 0. The van der Waals surface area contributed by atoms with E-state index in [2.05, 4.69) is 36.1 Å². The van der Waals surface area contributed by atoms with Crippen LogP contribution in [-0.2, 0) is 0 Å². The minimum Gasteiger partial charge on any atom is -0.312 e. The average Bonchev–Trinajstić information content (AvgIpc) is 3.03. The molecule has 0 bridgehead atoms. The van der Waals surface area contributed by atoms with Crippen LogP contribution in [0.25, 0.3) is 0 Å². The summed E-state index contributed by atoms with van der Waals surface area (Å²) in [5.74, 6) is 0.889. The lowest BCUT2D eigenvalue weighted by molar-refractivity contribution is 0.196. The first-order valence-electron chi connectivity index (χ1n) is 7.31. The molecule has 0 radical (unpaired) electrons. The van der Waals surface area contributed by atoms with Crippen molar-refractivity contribution in [2.45, 2.75) is 44.7 Å². The number of nitrogens with zero attached hydrogens (tertiary/aromatic N) is 2. The van der Waals surface area contributed by atoms with Gasteiger partial charge in [0.15, 0.2) is 0 Å². The fourth-order valence-corrected chi connectivity index (χ4v) is 2.93. The van der Waals surface area contributed by atoms with Gasteiger partial charge in [0.05, 0.1) is 0 Å². The van der Waals surface area contributed by atoms with E-state index < -0.39 is 0 Å². The predicted octanol–water partition coefficient (Wildman–Crippen LogP) is 1.40. The van der Waals surface area contributed by atoms with Crippen molar-refractivity contribution in [2.75, 3.05) is 40.3 Å². The minimum absolute atomic E-state index is 0.724. The Morgan fingerprint density at radius 3 is 2.65 bits per heavy atom. The Balaban J connectivity index is 1.69. The molecule has 100 valence electrons. The summed E-state index contributed by atoms with van der Waals surface area (Å²) in [6.07, 6.45) is 5.44. The number of nitrogens with one attached hydrogen (secondary N) is 1. The largest absolute Gasteiger partial charge is 0.312 e. The van der Waals surface area contributed by atoms with Crippen LogP contribution in [0.4, 0.5) is 0 Å². The number of likely N-dealkylation sites (N-methyl/N-ethyl adjacent to an activating group) is 1. The summed E-state index contributed by atoms with van der Waals surface area (Å²) in [5.41, 5.74) is 0. The van der Waals surface area contributed by atoms with Crippen molar-refractivity contribution in [1.82, 2.24) is 15.1 Å². The van der Waals surface area contributed by atoms with Crippen LogP contribution in [-0.4, -0.2) is 62.2 Å². The summed E-state index contributed by atoms with van der Waals surface area (Å²) in [4.78, 5) is 5.04. The van der Waals surface area contributed by atoms with Gasteiger partial charge in [-0.1, -0.05) is 6.92 Å². The van der Waals surface area contributed by atoms with Crippen molar-refractivity contribution in [1.29, 1.82) is 0 Å². The predicted molar refractivity (Wildman–Crippen MR) is 73.3 cm³/mol. The van der Waals surface area contributed by atoms with Crippen LogP contribution in [0.5, 0.6) is 0 Å². The highest BCUT2D eigenvalue weighted by molar-refractivity contribution is 4.84. The van der Waals surface area contributed by atoms with Gasteiger partial charge in [-0.25, -0.2) is 0 Å². The van der Waals surface area contributed by atoms with Crippen LogP contribution < -0.4 is 5.32 Å². The summed E-state index contributed by atoms with van der Waals surface area (Å²) in [5, 5.41) is 3.67. The Bertz CT molecular complexity index is 228. The Morgan fingerprint density at radius 2 is 2.12 bits per heavy atom. The van der Waals surface area contributed by atoms with Crippen molar-refractivity contribution in [3.63, 3.8) is 0 Å². The van der Waals surface area contributed by atoms with E-state index in [1.807, 2.05) is 0 Å². The van der Waals surface area contributed by atoms with Gasteiger partial charge in [-0.15, -0.1) is 0 Å². The van der Waals surface area contributed by atoms with Crippen LogP contribution >= 0.6 is 0 Å². The second kappa shape index (κ2) is 6.17. The minimum atomic E-state index is 0.724. The molecule has 2 atom stereocenters. The van der Waals surface area contributed by atoms with E-state index in [1.54, 1.807) is 0 Å². The first kappa shape index (κ1) is 13.3. The molecule has 1 aliphatic carbocycles. The molecule has 1 heterocycles. The molecule has 0 aromatic carbocycles. The van der Waals surface area contributed by atoms with Crippen molar-refractivity contribution in [3.8, 4) is 0 Å². The third kappa shape index (κ3) is 4.23. The van der Waals surface area contributed by atoms with E-state index >= 15 is 0 Å². The first-order valence-corrected chi connectivity index (χ1v) is 7.31. The van der Waals surface area contributed by atoms with Crippen LogP contribution in [0.15, 0.2) is 0 Å². The smallest absolute Gasteiger partial charge is 0.0215 e. The fourth-order valence-electron chi connectivity index (χ4n) is 2.93. The monoisotopic (exact) mass is 239 g/mol. The zero-order chi connectivity index (χ0) is 12.3. The van der Waals surface area contributed by atoms with Crippen LogP contribution in [0.1, 0.15) is 32.6 Å². The van der Waals surface area contributed by atoms with Gasteiger partial charge in [-0.05, 0) is 52.2 Å². The van der Waals surface area contributed by atoms with E-state index in [-0.39, 0.29) is 0 Å². The van der Waals surface area contributed by atoms with Crippen LogP contribution in [0, 0.1) is 5.92 Å². The van der Waals surface area contributed by atoms with Crippen LogP contribution in [0.2, 0.25) is 0 Å². The van der Waals surface area contributed by atoms with Crippen molar-refractivity contribution < 1.29 is 0 Å². The average molecular weight is 239 g/mol. The maximum absolute atomic E-state index is 3.67. The Labute approximate surface area is 107 Å². The van der Waals surface area contributed by atoms with Gasteiger partial charge in [0, 0.05) is 31.7 Å². The van der Waals surface area contributed by atoms with Crippen molar-refractivity contribution >= 4 is 0 Å². The Morgan fingerprint density at radius 1 is 1.35 bits per heavy atom. The molecule has 0 aromatic heterocycles. The molecule has 1 saturated heterocycles. The fraction of sp³-hybridized carbons (Fsp3) is 1.00. The third-order valence-corrected chi connectivity index (χ3v) is 4.35. The molecular formula is C14H29N3. The second-order valence-electron chi connectivity index (χ2n) is 6.10. The standard InChI is InChI=1S/C14H29N3/c1-4-14(9-15-13-5-6-13)17(3)11-12-7-8-16(2)10-12/h12-15H,4-11H2,1-3H3. The highest BCUT2D eigenvalue weighted by atomic mass is 15.2. The summed E-state index contributed by atoms with van der Waals surface area (Å²) in [7, 11) is 4.55. The number of hydrogen-bond acceptors (Lipinski definition) is 3. The van der Waals surface area contributed by atoms with Gasteiger partial charge in [0.2, 0.25) is 0 Å². The van der Waals surface area contributed by atoms with Gasteiger partial charge in [0.25, 0.3) is 0 Å². The van der Waals surface area contributed by atoms with E-state index in [0.29, 0.717) is 0 Å². The Kier molecular flexibility index (Phi) is 4.83. The first-order chi connectivity index (χ1) is 8.19. The highest BCUT2D eigenvalue weighted by Crippen LogP contribution is 2.20. The van der Waals surface area contributed by atoms with Crippen LogP contribution in [0.3, 0.4) is 0 Å². The molecule has 2 rings (SSSR count). The molecule has 2 unspecified atom stereocenters. The maximum atomic E-state index is 3.67. The van der Waals surface area contributed by atoms with Crippen molar-refractivity contribution in [3.05, 3.63) is 0 Å². The molecule has 2 fully saturated rings. The van der Waals surface area contributed by atoms with E-state index in [4.69, 9.17) is 0 Å². The number of rotatable bonds is 7. The molecule has 0 amide bonds. The molecule has 1 aliphatic heterocycles. The SMILES string of the molecule is CCC(CNC1CC1)N(C)CC1CCN(C)C1. The van der Waals surface area contributed by atoms with Gasteiger partial charge < -0.3 is 15.1 Å². The van der Waals surface area contributed by atoms with E-state index in [1.165, 1.54) is 51.9 Å². The summed E-state index contributed by atoms with van der Waals surface area (Å²) in [6.45, 7) is 7.35. The quantitative estimate of drug-likeness (QED) is 0.724. The summed E-state index contributed by atoms with van der Waals surface area (Å²) in [6, 6.07) is 1.57. The number of hydrogen-bond donors (Lipinski definition) is 1. The van der Waals surface area contributed by atoms with Gasteiger partial charge in [0.1, 0.15) is 0 Å². The zero-order valence-corrected chi connectivity index (χ0v) is 11.8. The van der Waals surface area contributed by atoms with Gasteiger partial charge in [-0.2, -0.15) is 0 Å². The zero-order valence-electron chi connectivity index (χ0n) is 11.8. The molecule has 3 heteroatoms. The molecule has 17 heavy (non-hydrogen) atoms.